The standard InChI is InChI=1S/C16H31NO4/c1-2-3-4-5-6-7-8-9-10-11-12-13-14-17(15(18)19)16(20)21/h2-14H2,1H3,(H,18,19)(H,20,21)/p-2. The molecule has 124 valence electrons. The van der Waals surface area contributed by atoms with Crippen molar-refractivity contribution in [3.05, 3.63) is 0 Å². The van der Waals surface area contributed by atoms with Gasteiger partial charge in [0, 0.05) is 6.54 Å². The van der Waals surface area contributed by atoms with Gasteiger partial charge in [0.25, 0.3) is 0 Å². The molecule has 0 aliphatic heterocycles. The van der Waals surface area contributed by atoms with Crippen LogP contribution in [0, 0.1) is 0 Å². The summed E-state index contributed by atoms with van der Waals surface area (Å²) in [5, 5.41) is 20.9. The van der Waals surface area contributed by atoms with E-state index >= 15 is 0 Å². The summed E-state index contributed by atoms with van der Waals surface area (Å²) in [5.74, 6) is 0. The zero-order valence-electron chi connectivity index (χ0n) is 13.3. The Balaban J connectivity index is 3.29. The number of unbranched alkanes of at least 4 members (excludes halogenated alkanes) is 11. The second-order valence-corrected chi connectivity index (χ2v) is 5.57. The molecular weight excluding hydrogens is 270 g/mol. The number of hydrogen-bond donors (Lipinski definition) is 0. The lowest BCUT2D eigenvalue weighted by molar-refractivity contribution is -0.290. The van der Waals surface area contributed by atoms with Crippen LogP contribution in [0.1, 0.15) is 84.0 Å². The van der Waals surface area contributed by atoms with Crippen molar-refractivity contribution >= 4 is 12.2 Å². The molecule has 0 aromatic rings. The normalized spacial score (nSPS) is 10.5. The van der Waals surface area contributed by atoms with E-state index in [1.54, 1.807) is 0 Å². The Bertz CT molecular complexity index is 267. The number of amides is 2. The maximum atomic E-state index is 10.5. The van der Waals surface area contributed by atoms with E-state index in [4.69, 9.17) is 0 Å². The van der Waals surface area contributed by atoms with E-state index in [9.17, 15) is 19.8 Å². The van der Waals surface area contributed by atoms with E-state index in [0.29, 0.717) is 6.42 Å². The molecule has 0 aliphatic carbocycles. The molecule has 21 heavy (non-hydrogen) atoms. The Hall–Kier alpha value is -1.26. The molecule has 0 heterocycles. The van der Waals surface area contributed by atoms with Crippen molar-refractivity contribution in [1.82, 2.24) is 4.90 Å². The lowest BCUT2D eigenvalue weighted by Crippen LogP contribution is -2.51. The molecule has 0 saturated carbocycles. The van der Waals surface area contributed by atoms with Gasteiger partial charge >= 0.3 is 0 Å². The number of carbonyl (C=O) groups excluding carboxylic acids is 2. The van der Waals surface area contributed by atoms with Gasteiger partial charge < -0.3 is 24.7 Å². The summed E-state index contributed by atoms with van der Waals surface area (Å²) in [5.41, 5.74) is 0. The van der Waals surface area contributed by atoms with Crippen molar-refractivity contribution < 1.29 is 19.8 Å². The van der Waals surface area contributed by atoms with Gasteiger partial charge in [-0.15, -0.1) is 0 Å². The molecule has 0 spiro atoms. The monoisotopic (exact) mass is 299 g/mol. The lowest BCUT2D eigenvalue weighted by Gasteiger charge is -2.25. The van der Waals surface area contributed by atoms with Crippen molar-refractivity contribution in [2.75, 3.05) is 6.54 Å². The minimum absolute atomic E-state index is 0.0396. The average molecular weight is 299 g/mol. The van der Waals surface area contributed by atoms with E-state index < -0.39 is 12.2 Å². The maximum absolute atomic E-state index is 10.5. The highest BCUT2D eigenvalue weighted by atomic mass is 16.4. The Labute approximate surface area is 128 Å². The van der Waals surface area contributed by atoms with Crippen LogP contribution in [0.5, 0.6) is 0 Å². The van der Waals surface area contributed by atoms with Crippen LogP contribution in [0.25, 0.3) is 0 Å². The molecule has 0 aromatic carbocycles. The zero-order chi connectivity index (χ0) is 15.9. The van der Waals surface area contributed by atoms with Crippen molar-refractivity contribution in [2.45, 2.75) is 84.0 Å². The molecule has 0 atom stereocenters. The largest absolute Gasteiger partial charge is 0.530 e. The van der Waals surface area contributed by atoms with Gasteiger partial charge in [0.05, 0.1) is 0 Å². The van der Waals surface area contributed by atoms with Crippen LogP contribution >= 0.6 is 0 Å². The smallest absolute Gasteiger partial charge is 0.142 e. The van der Waals surface area contributed by atoms with Crippen molar-refractivity contribution in [3.8, 4) is 0 Å². The van der Waals surface area contributed by atoms with Gasteiger partial charge in [-0.2, -0.15) is 0 Å². The first kappa shape index (κ1) is 19.7. The molecule has 0 saturated heterocycles. The predicted octanol–water partition coefficient (Wildman–Crippen LogP) is 2.68. The van der Waals surface area contributed by atoms with E-state index in [-0.39, 0.29) is 11.4 Å². The number of carbonyl (C=O) groups is 2. The van der Waals surface area contributed by atoms with Crippen LogP contribution in [0.15, 0.2) is 0 Å². The number of hydrogen-bond acceptors (Lipinski definition) is 4. The summed E-state index contributed by atoms with van der Waals surface area (Å²) in [6.45, 7) is 2.18. The minimum Gasteiger partial charge on any atom is -0.530 e. The third kappa shape index (κ3) is 12.2. The Morgan fingerprint density at radius 1 is 0.667 bits per heavy atom. The molecule has 0 radical (unpaired) electrons. The predicted molar refractivity (Wildman–Crippen MR) is 78.6 cm³/mol. The summed E-state index contributed by atoms with van der Waals surface area (Å²) in [6.07, 6.45) is 10.5. The fourth-order valence-electron chi connectivity index (χ4n) is 2.37. The van der Waals surface area contributed by atoms with Crippen molar-refractivity contribution in [3.63, 3.8) is 0 Å². The number of imide groups is 1. The SMILES string of the molecule is CCCCCCCCCCCCCCN(C(=O)[O-])C(=O)[O-]. The molecule has 0 N–H and O–H groups in total. The maximum Gasteiger partial charge on any atom is 0.142 e. The summed E-state index contributed by atoms with van der Waals surface area (Å²) in [4.78, 5) is 21.2. The molecule has 0 aromatic heterocycles. The molecule has 2 amide bonds. The second kappa shape index (κ2) is 13.7. The first-order valence-electron chi connectivity index (χ1n) is 8.29. The summed E-state index contributed by atoms with van der Waals surface area (Å²) in [6, 6.07) is 0. The van der Waals surface area contributed by atoms with Crippen LogP contribution in [0.2, 0.25) is 0 Å². The lowest BCUT2D eigenvalue weighted by atomic mass is 10.1. The summed E-state index contributed by atoms with van der Waals surface area (Å²) >= 11 is 0. The number of rotatable bonds is 13. The third-order valence-corrected chi connectivity index (χ3v) is 3.68. The highest BCUT2D eigenvalue weighted by Crippen LogP contribution is 2.12. The fourth-order valence-corrected chi connectivity index (χ4v) is 2.37. The van der Waals surface area contributed by atoms with E-state index in [2.05, 4.69) is 6.92 Å². The molecule has 0 bridgehead atoms. The molecule has 0 aliphatic rings. The van der Waals surface area contributed by atoms with Crippen LogP contribution in [0.4, 0.5) is 9.59 Å². The number of nitrogens with zero attached hydrogens (tertiary/aromatic N) is 1. The molecule has 0 fully saturated rings. The van der Waals surface area contributed by atoms with Gasteiger partial charge in [-0.3, -0.25) is 0 Å². The van der Waals surface area contributed by atoms with Gasteiger partial charge in [-0.05, 0) is 6.42 Å². The molecule has 5 heteroatoms. The van der Waals surface area contributed by atoms with Gasteiger partial charge in [-0.1, -0.05) is 77.6 Å². The molecule has 0 unspecified atom stereocenters. The fraction of sp³-hybridized carbons (Fsp3) is 0.875. The average Bonchev–Trinajstić information content (AvgIpc) is 2.43. The molecule has 0 rings (SSSR count). The van der Waals surface area contributed by atoms with Gasteiger partial charge in [0.1, 0.15) is 12.2 Å². The highest BCUT2D eigenvalue weighted by molar-refractivity contribution is 5.83. The van der Waals surface area contributed by atoms with Crippen molar-refractivity contribution in [2.24, 2.45) is 0 Å². The summed E-state index contributed by atoms with van der Waals surface area (Å²) in [7, 11) is 0. The van der Waals surface area contributed by atoms with E-state index in [1.807, 2.05) is 0 Å². The first-order chi connectivity index (χ1) is 10.1. The van der Waals surface area contributed by atoms with Crippen LogP contribution in [0.3, 0.4) is 0 Å². The topological polar surface area (TPSA) is 83.5 Å². The van der Waals surface area contributed by atoms with Crippen molar-refractivity contribution in [1.29, 1.82) is 0 Å². The number of carboxylic acid groups (broad SMARTS) is 2. The third-order valence-electron chi connectivity index (χ3n) is 3.68. The summed E-state index contributed by atoms with van der Waals surface area (Å²) < 4.78 is 0. The minimum atomic E-state index is -1.70. The Kier molecular flexibility index (Phi) is 12.9. The quantitative estimate of drug-likeness (QED) is 0.489. The van der Waals surface area contributed by atoms with E-state index in [1.165, 1.54) is 51.4 Å². The Morgan fingerprint density at radius 2 is 1.00 bits per heavy atom. The zero-order valence-corrected chi connectivity index (χ0v) is 13.3. The molecule has 5 nitrogen and oxygen atoms in total. The second-order valence-electron chi connectivity index (χ2n) is 5.57. The van der Waals surface area contributed by atoms with Gasteiger partial charge in [0.2, 0.25) is 0 Å². The van der Waals surface area contributed by atoms with Gasteiger partial charge in [-0.25, -0.2) is 0 Å². The first-order valence-corrected chi connectivity index (χ1v) is 8.29. The molecular formula is C16H29NO4-2. The van der Waals surface area contributed by atoms with Gasteiger partial charge in [0.15, 0.2) is 0 Å². The van der Waals surface area contributed by atoms with Crippen LogP contribution < -0.4 is 10.2 Å². The van der Waals surface area contributed by atoms with E-state index in [0.717, 1.165) is 19.3 Å². The van der Waals surface area contributed by atoms with Crippen LogP contribution in [-0.2, 0) is 0 Å². The Morgan fingerprint density at radius 3 is 1.33 bits per heavy atom. The van der Waals surface area contributed by atoms with Crippen LogP contribution in [-0.4, -0.2) is 23.6 Å². The highest BCUT2D eigenvalue weighted by Gasteiger charge is 2.04.